The number of nitrogens with one attached hydrogen (secondary N) is 2. The van der Waals surface area contributed by atoms with Crippen LogP contribution in [0.5, 0.6) is 0 Å². The molecule has 1 aliphatic heterocycles. The first-order valence-electron chi connectivity index (χ1n) is 7.25. The van der Waals surface area contributed by atoms with Gasteiger partial charge in [0.1, 0.15) is 6.29 Å². The first-order valence-corrected chi connectivity index (χ1v) is 7.25. The first-order chi connectivity index (χ1) is 10.4. The van der Waals surface area contributed by atoms with Crippen molar-refractivity contribution in [1.29, 1.82) is 0 Å². The van der Waals surface area contributed by atoms with Crippen LogP contribution in [0.2, 0.25) is 0 Å². The molecule has 0 radical (unpaired) electrons. The van der Waals surface area contributed by atoms with Gasteiger partial charge >= 0.3 is 0 Å². The number of aromatic amines is 1. The lowest BCUT2D eigenvalue weighted by atomic mass is 9.94. The van der Waals surface area contributed by atoms with E-state index >= 15 is 0 Å². The SMILES string of the molecule is O=Cc1ccc(C2NCCc3c2[nH]c2ccccc32)cc1. The van der Waals surface area contributed by atoms with E-state index in [1.165, 1.54) is 27.7 Å². The van der Waals surface area contributed by atoms with E-state index in [9.17, 15) is 4.79 Å². The van der Waals surface area contributed by atoms with Gasteiger partial charge in [0.2, 0.25) is 0 Å². The molecule has 2 N–H and O–H groups in total. The van der Waals surface area contributed by atoms with Crippen LogP contribution >= 0.6 is 0 Å². The van der Waals surface area contributed by atoms with Gasteiger partial charge in [-0.15, -0.1) is 0 Å². The predicted molar refractivity (Wildman–Crippen MR) is 83.7 cm³/mol. The van der Waals surface area contributed by atoms with Gasteiger partial charge in [-0.3, -0.25) is 4.79 Å². The highest BCUT2D eigenvalue weighted by molar-refractivity contribution is 5.85. The molecule has 3 nitrogen and oxygen atoms in total. The molecule has 104 valence electrons. The number of hydrogen-bond donors (Lipinski definition) is 2. The zero-order valence-electron chi connectivity index (χ0n) is 11.6. The molecule has 1 aliphatic rings. The van der Waals surface area contributed by atoms with Crippen LogP contribution in [0, 0.1) is 0 Å². The number of H-pyrrole nitrogens is 1. The largest absolute Gasteiger partial charge is 0.357 e. The average Bonchev–Trinajstić information content (AvgIpc) is 2.94. The van der Waals surface area contributed by atoms with E-state index in [2.05, 4.69) is 34.6 Å². The molecule has 0 spiro atoms. The number of aldehydes is 1. The fourth-order valence-electron chi connectivity index (χ4n) is 3.23. The summed E-state index contributed by atoms with van der Waals surface area (Å²) < 4.78 is 0. The quantitative estimate of drug-likeness (QED) is 0.706. The second kappa shape index (κ2) is 4.86. The number of para-hydroxylation sites is 1. The molecule has 0 aliphatic carbocycles. The summed E-state index contributed by atoms with van der Waals surface area (Å²) in [6, 6.07) is 16.4. The molecule has 1 unspecified atom stereocenters. The number of benzene rings is 2. The topological polar surface area (TPSA) is 44.9 Å². The molecular weight excluding hydrogens is 260 g/mol. The molecule has 0 bridgehead atoms. The lowest BCUT2D eigenvalue weighted by molar-refractivity contribution is 0.112. The summed E-state index contributed by atoms with van der Waals surface area (Å²) in [4.78, 5) is 14.3. The molecular formula is C18H16N2O. The normalized spacial score (nSPS) is 17.6. The maximum atomic E-state index is 10.8. The maximum absolute atomic E-state index is 10.8. The molecule has 21 heavy (non-hydrogen) atoms. The molecule has 1 aromatic heterocycles. The minimum atomic E-state index is 0.168. The van der Waals surface area contributed by atoms with Crippen molar-refractivity contribution in [3.63, 3.8) is 0 Å². The van der Waals surface area contributed by atoms with Crippen molar-refractivity contribution in [3.8, 4) is 0 Å². The van der Waals surface area contributed by atoms with E-state index in [-0.39, 0.29) is 6.04 Å². The highest BCUT2D eigenvalue weighted by atomic mass is 16.1. The number of aromatic nitrogens is 1. The van der Waals surface area contributed by atoms with Crippen LogP contribution in [0.15, 0.2) is 48.5 Å². The van der Waals surface area contributed by atoms with Gasteiger partial charge in [-0.2, -0.15) is 0 Å². The van der Waals surface area contributed by atoms with E-state index < -0.39 is 0 Å². The Labute approximate surface area is 123 Å². The molecule has 1 atom stereocenters. The van der Waals surface area contributed by atoms with E-state index in [1.54, 1.807) is 0 Å². The molecule has 2 heterocycles. The molecule has 0 fully saturated rings. The van der Waals surface area contributed by atoms with Crippen molar-refractivity contribution in [2.75, 3.05) is 6.54 Å². The van der Waals surface area contributed by atoms with E-state index in [0.717, 1.165) is 19.3 Å². The van der Waals surface area contributed by atoms with Crippen molar-refractivity contribution in [2.45, 2.75) is 12.5 Å². The number of rotatable bonds is 2. The predicted octanol–water partition coefficient (Wildman–Crippen LogP) is 3.22. The van der Waals surface area contributed by atoms with Gasteiger partial charge in [0.15, 0.2) is 0 Å². The lowest BCUT2D eigenvalue weighted by Crippen LogP contribution is -2.30. The van der Waals surface area contributed by atoms with Crippen molar-refractivity contribution >= 4 is 17.2 Å². The van der Waals surface area contributed by atoms with Crippen molar-refractivity contribution in [2.24, 2.45) is 0 Å². The second-order valence-electron chi connectivity index (χ2n) is 5.48. The first kappa shape index (κ1) is 12.4. The molecule has 0 saturated carbocycles. The fraction of sp³-hybridized carbons (Fsp3) is 0.167. The summed E-state index contributed by atoms with van der Waals surface area (Å²) in [5.41, 5.74) is 5.76. The van der Waals surface area contributed by atoms with Crippen LogP contribution in [0.3, 0.4) is 0 Å². The van der Waals surface area contributed by atoms with Gasteiger partial charge in [-0.05, 0) is 23.6 Å². The molecule has 3 heteroatoms. The zero-order valence-corrected chi connectivity index (χ0v) is 11.6. The van der Waals surface area contributed by atoms with Crippen LogP contribution in [-0.4, -0.2) is 17.8 Å². The van der Waals surface area contributed by atoms with E-state index in [4.69, 9.17) is 0 Å². The van der Waals surface area contributed by atoms with Gasteiger partial charge in [0.05, 0.1) is 6.04 Å². The minimum absolute atomic E-state index is 0.168. The summed E-state index contributed by atoms with van der Waals surface area (Å²) in [6.07, 6.45) is 1.93. The Morgan fingerprint density at radius 3 is 2.67 bits per heavy atom. The number of carbonyl (C=O) groups excluding carboxylic acids is 1. The molecule has 0 saturated heterocycles. The summed E-state index contributed by atoms with van der Waals surface area (Å²) >= 11 is 0. The van der Waals surface area contributed by atoms with Gasteiger partial charge < -0.3 is 10.3 Å². The molecule has 2 aromatic carbocycles. The highest BCUT2D eigenvalue weighted by Gasteiger charge is 2.24. The Balaban J connectivity index is 1.83. The van der Waals surface area contributed by atoms with Crippen LogP contribution in [0.1, 0.15) is 33.2 Å². The van der Waals surface area contributed by atoms with Crippen molar-refractivity contribution in [3.05, 3.63) is 70.9 Å². The molecule has 0 amide bonds. The zero-order chi connectivity index (χ0) is 14.2. The van der Waals surface area contributed by atoms with Crippen molar-refractivity contribution in [1.82, 2.24) is 10.3 Å². The Kier molecular flexibility index (Phi) is 2.86. The standard InChI is InChI=1S/C18H16N2O/c21-11-12-5-7-13(8-6-12)17-18-15(9-10-19-17)14-3-1-2-4-16(14)20-18/h1-8,11,17,19-20H,9-10H2. The summed E-state index contributed by atoms with van der Waals surface area (Å²) in [5.74, 6) is 0. The third kappa shape index (κ3) is 1.98. The van der Waals surface area contributed by atoms with Crippen LogP contribution < -0.4 is 5.32 Å². The van der Waals surface area contributed by atoms with Crippen LogP contribution in [-0.2, 0) is 6.42 Å². The second-order valence-corrected chi connectivity index (χ2v) is 5.48. The molecule has 4 rings (SSSR count). The fourth-order valence-corrected chi connectivity index (χ4v) is 3.23. The summed E-state index contributed by atoms with van der Waals surface area (Å²) in [6.45, 7) is 0.967. The monoisotopic (exact) mass is 276 g/mol. The van der Waals surface area contributed by atoms with E-state index in [0.29, 0.717) is 5.56 Å². The van der Waals surface area contributed by atoms with Gasteiger partial charge in [0, 0.05) is 28.7 Å². The number of hydrogen-bond acceptors (Lipinski definition) is 2. The van der Waals surface area contributed by atoms with Crippen molar-refractivity contribution < 1.29 is 4.79 Å². The van der Waals surface area contributed by atoms with Gasteiger partial charge in [0.25, 0.3) is 0 Å². The van der Waals surface area contributed by atoms with Gasteiger partial charge in [-0.25, -0.2) is 0 Å². The Morgan fingerprint density at radius 1 is 1.05 bits per heavy atom. The smallest absolute Gasteiger partial charge is 0.150 e. The third-order valence-corrected chi connectivity index (χ3v) is 4.26. The summed E-state index contributed by atoms with van der Waals surface area (Å²) in [7, 11) is 0. The molecule has 3 aromatic rings. The highest BCUT2D eigenvalue weighted by Crippen LogP contribution is 2.33. The Morgan fingerprint density at radius 2 is 1.86 bits per heavy atom. The summed E-state index contributed by atoms with van der Waals surface area (Å²) in [5, 5.41) is 4.89. The minimum Gasteiger partial charge on any atom is -0.357 e. The maximum Gasteiger partial charge on any atom is 0.150 e. The Bertz CT molecular complexity index is 802. The number of carbonyl (C=O) groups is 1. The van der Waals surface area contributed by atoms with Crippen LogP contribution in [0.4, 0.5) is 0 Å². The average molecular weight is 276 g/mol. The number of fused-ring (bicyclic) bond motifs is 3. The lowest BCUT2D eigenvalue weighted by Gasteiger charge is -2.24. The van der Waals surface area contributed by atoms with Gasteiger partial charge in [-0.1, -0.05) is 42.5 Å². The van der Waals surface area contributed by atoms with E-state index in [1.807, 2.05) is 24.3 Å². The Hall–Kier alpha value is -2.39. The third-order valence-electron chi connectivity index (χ3n) is 4.26. The van der Waals surface area contributed by atoms with Crippen LogP contribution in [0.25, 0.3) is 10.9 Å².